The van der Waals surface area contributed by atoms with Crippen molar-refractivity contribution in [1.82, 2.24) is 0 Å². The highest BCUT2D eigenvalue weighted by Crippen LogP contribution is 2.36. The normalized spacial score (nSPS) is 15.4. The standard InChI is InChI=1S/C19H18F2N6O3/c1-22-17(24-11-4-7-13(29-3)8-5-11)27-18(23-2)25-12-6-9-15-14(10-12)26-16(28)19(20,21)30-15/h4-10H,1H2,2-3H3,(H,26,28)(H2,23,24,25,27). The van der Waals surface area contributed by atoms with Crippen molar-refractivity contribution in [2.24, 2.45) is 15.0 Å². The van der Waals surface area contributed by atoms with Crippen molar-refractivity contribution < 1.29 is 23.0 Å². The summed E-state index contributed by atoms with van der Waals surface area (Å²) in [5, 5.41) is 7.98. The number of methoxy groups -OCH3 is 1. The van der Waals surface area contributed by atoms with Crippen LogP contribution in [0.2, 0.25) is 0 Å². The number of benzene rings is 2. The molecule has 1 aliphatic heterocycles. The Hall–Kier alpha value is -4.02. The molecule has 0 saturated heterocycles. The molecule has 156 valence electrons. The number of amides is 1. The topological polar surface area (TPSA) is 109 Å². The van der Waals surface area contributed by atoms with Crippen LogP contribution in [-0.4, -0.2) is 44.8 Å². The van der Waals surface area contributed by atoms with Gasteiger partial charge in [0, 0.05) is 18.4 Å². The molecule has 0 bridgehead atoms. The summed E-state index contributed by atoms with van der Waals surface area (Å²) in [6, 6.07) is 11.3. The largest absolute Gasteiger partial charge is 0.497 e. The third-order valence-corrected chi connectivity index (χ3v) is 3.91. The van der Waals surface area contributed by atoms with Gasteiger partial charge in [-0.2, -0.15) is 13.8 Å². The maximum atomic E-state index is 13.3. The molecule has 1 aliphatic rings. The molecule has 0 spiro atoms. The summed E-state index contributed by atoms with van der Waals surface area (Å²) in [4.78, 5) is 23.5. The fourth-order valence-corrected chi connectivity index (χ4v) is 2.44. The lowest BCUT2D eigenvalue weighted by Crippen LogP contribution is -2.43. The number of alkyl halides is 2. The van der Waals surface area contributed by atoms with E-state index in [0.717, 1.165) is 0 Å². The Morgan fingerprint density at radius 1 is 1.13 bits per heavy atom. The smallest absolute Gasteiger partial charge is 0.482 e. The molecule has 30 heavy (non-hydrogen) atoms. The molecule has 3 rings (SSSR count). The summed E-state index contributed by atoms with van der Waals surface area (Å²) >= 11 is 0. The molecular weight excluding hydrogens is 398 g/mol. The van der Waals surface area contributed by atoms with Crippen molar-refractivity contribution >= 4 is 41.6 Å². The van der Waals surface area contributed by atoms with Gasteiger partial charge >= 0.3 is 12.0 Å². The number of carbonyl (C=O) groups excluding carboxylic acids is 1. The minimum absolute atomic E-state index is 0.0915. The van der Waals surface area contributed by atoms with Crippen LogP contribution >= 0.6 is 0 Å². The molecule has 1 heterocycles. The van der Waals surface area contributed by atoms with Crippen molar-refractivity contribution in [2.75, 3.05) is 30.1 Å². The van der Waals surface area contributed by atoms with Gasteiger partial charge in [-0.05, 0) is 49.2 Å². The van der Waals surface area contributed by atoms with Crippen molar-refractivity contribution in [2.45, 2.75) is 6.11 Å². The predicted octanol–water partition coefficient (Wildman–Crippen LogP) is 3.19. The van der Waals surface area contributed by atoms with E-state index in [-0.39, 0.29) is 23.4 Å². The number of halogens is 2. The number of nitrogens with one attached hydrogen (secondary N) is 3. The van der Waals surface area contributed by atoms with Crippen LogP contribution in [0, 0.1) is 0 Å². The van der Waals surface area contributed by atoms with Crippen LogP contribution in [0.4, 0.5) is 25.8 Å². The molecule has 0 unspecified atom stereocenters. The fraction of sp³-hybridized carbons (Fsp3) is 0.158. The van der Waals surface area contributed by atoms with Crippen LogP contribution < -0.4 is 25.4 Å². The van der Waals surface area contributed by atoms with Gasteiger partial charge in [0.15, 0.2) is 5.75 Å². The summed E-state index contributed by atoms with van der Waals surface area (Å²) < 4.78 is 36.2. The Morgan fingerprint density at radius 3 is 2.43 bits per heavy atom. The summed E-state index contributed by atoms with van der Waals surface area (Å²) in [5.41, 5.74) is 1.22. The Kier molecular flexibility index (Phi) is 5.90. The van der Waals surface area contributed by atoms with E-state index in [9.17, 15) is 13.6 Å². The van der Waals surface area contributed by atoms with E-state index in [0.29, 0.717) is 17.1 Å². The molecule has 11 heteroatoms. The average molecular weight is 416 g/mol. The van der Waals surface area contributed by atoms with Crippen molar-refractivity contribution in [3.05, 3.63) is 42.5 Å². The molecule has 1 amide bonds. The van der Waals surface area contributed by atoms with Crippen LogP contribution in [0.25, 0.3) is 0 Å². The Morgan fingerprint density at radius 2 is 1.80 bits per heavy atom. The zero-order valence-electron chi connectivity index (χ0n) is 16.1. The van der Waals surface area contributed by atoms with Gasteiger partial charge in [-0.1, -0.05) is 0 Å². The van der Waals surface area contributed by atoms with E-state index in [2.05, 4.69) is 42.4 Å². The van der Waals surface area contributed by atoms with Crippen molar-refractivity contribution in [1.29, 1.82) is 0 Å². The second-order valence-electron chi connectivity index (χ2n) is 5.90. The van der Waals surface area contributed by atoms with Gasteiger partial charge in [-0.15, -0.1) is 0 Å². The third-order valence-electron chi connectivity index (χ3n) is 3.91. The number of nitrogens with zero attached hydrogens (tertiary/aromatic N) is 3. The van der Waals surface area contributed by atoms with Gasteiger partial charge in [-0.25, -0.2) is 4.99 Å². The molecule has 2 aromatic rings. The number of aliphatic imine (C=N–C) groups is 3. The maximum Gasteiger partial charge on any atom is 0.482 e. The highest BCUT2D eigenvalue weighted by Gasteiger charge is 2.46. The monoisotopic (exact) mass is 416 g/mol. The molecule has 9 nitrogen and oxygen atoms in total. The van der Waals surface area contributed by atoms with Crippen molar-refractivity contribution in [3.63, 3.8) is 0 Å². The molecule has 0 aliphatic carbocycles. The summed E-state index contributed by atoms with van der Waals surface area (Å²) in [6.07, 6.45) is -3.92. The molecular formula is C19H18F2N6O3. The predicted molar refractivity (Wildman–Crippen MR) is 111 cm³/mol. The number of rotatable bonds is 3. The molecule has 0 saturated carbocycles. The summed E-state index contributed by atoms with van der Waals surface area (Å²) in [5.74, 6) is -0.673. The van der Waals surface area contributed by atoms with E-state index in [1.54, 1.807) is 31.4 Å². The van der Waals surface area contributed by atoms with Gasteiger partial charge < -0.3 is 25.4 Å². The first kappa shape index (κ1) is 20.7. The first-order valence-corrected chi connectivity index (χ1v) is 8.57. The Labute approximate surface area is 170 Å². The number of carbonyl (C=O) groups is 1. The van der Waals surface area contributed by atoms with Crippen molar-refractivity contribution in [3.8, 4) is 11.5 Å². The highest BCUT2D eigenvalue weighted by atomic mass is 19.3. The molecule has 0 aromatic heterocycles. The Bertz CT molecular complexity index is 1020. The minimum atomic E-state index is -3.92. The fourth-order valence-electron chi connectivity index (χ4n) is 2.44. The van der Waals surface area contributed by atoms with E-state index in [1.807, 2.05) is 0 Å². The lowest BCUT2D eigenvalue weighted by molar-refractivity contribution is -0.189. The minimum Gasteiger partial charge on any atom is -0.497 e. The first-order chi connectivity index (χ1) is 14.3. The van der Waals surface area contributed by atoms with Crippen LogP contribution in [-0.2, 0) is 4.79 Å². The van der Waals surface area contributed by atoms with Gasteiger partial charge in [0.1, 0.15) is 5.75 Å². The molecule has 2 aromatic carbocycles. The average Bonchev–Trinajstić information content (AvgIpc) is 2.74. The number of hydrogen-bond acceptors (Lipinski definition) is 4. The van der Waals surface area contributed by atoms with Gasteiger partial charge in [0.2, 0.25) is 11.9 Å². The van der Waals surface area contributed by atoms with Crippen LogP contribution in [0.5, 0.6) is 11.5 Å². The maximum absolute atomic E-state index is 13.3. The van der Waals surface area contributed by atoms with E-state index in [1.165, 1.54) is 25.2 Å². The summed E-state index contributed by atoms with van der Waals surface area (Å²) in [6.45, 7) is 3.48. The SMILES string of the molecule is C=NC(=NC(=NC)Nc1ccc2c(c1)NC(=O)C(F)(F)O2)Nc1ccc(OC)cc1. The number of hydrogen-bond donors (Lipinski definition) is 3. The second-order valence-corrected chi connectivity index (χ2v) is 5.90. The summed E-state index contributed by atoms with van der Waals surface area (Å²) in [7, 11) is 3.07. The zero-order chi connectivity index (χ0) is 21.7. The molecule has 0 radical (unpaired) electrons. The van der Waals surface area contributed by atoms with Crippen LogP contribution in [0.1, 0.15) is 0 Å². The first-order valence-electron chi connectivity index (χ1n) is 8.57. The van der Waals surface area contributed by atoms with Gasteiger partial charge in [0.05, 0.1) is 12.8 Å². The lowest BCUT2D eigenvalue weighted by atomic mass is 10.2. The highest BCUT2D eigenvalue weighted by molar-refractivity contribution is 6.08. The number of anilines is 3. The number of fused-ring (bicyclic) bond motifs is 1. The molecule has 0 atom stereocenters. The molecule has 3 N–H and O–H groups in total. The van der Waals surface area contributed by atoms with E-state index < -0.39 is 12.0 Å². The van der Waals surface area contributed by atoms with Gasteiger partial charge in [0.25, 0.3) is 0 Å². The number of guanidine groups is 2. The van der Waals surface area contributed by atoms with E-state index in [4.69, 9.17) is 4.74 Å². The number of ether oxygens (including phenoxy) is 2. The Balaban J connectivity index is 1.75. The van der Waals surface area contributed by atoms with E-state index >= 15 is 0 Å². The quantitative estimate of drug-likeness (QED) is 0.526. The third kappa shape index (κ3) is 4.69. The molecule has 0 fully saturated rings. The van der Waals surface area contributed by atoms with Gasteiger partial charge in [-0.3, -0.25) is 9.79 Å². The zero-order valence-corrected chi connectivity index (χ0v) is 16.1. The van der Waals surface area contributed by atoms with Crippen LogP contribution in [0.3, 0.4) is 0 Å². The second kappa shape index (κ2) is 8.55. The lowest BCUT2D eigenvalue weighted by Gasteiger charge is -2.25. The van der Waals surface area contributed by atoms with Crippen LogP contribution in [0.15, 0.2) is 57.4 Å².